The van der Waals surface area contributed by atoms with Gasteiger partial charge in [0.2, 0.25) is 0 Å². The first-order valence-corrected chi connectivity index (χ1v) is 6.95. The van der Waals surface area contributed by atoms with E-state index in [2.05, 4.69) is 30.1 Å². The van der Waals surface area contributed by atoms with E-state index >= 15 is 0 Å². The molecular formula is C17H18N2O. The van der Waals surface area contributed by atoms with E-state index in [-0.39, 0.29) is 0 Å². The average molecular weight is 266 g/mol. The van der Waals surface area contributed by atoms with Crippen molar-refractivity contribution in [1.82, 2.24) is 9.55 Å². The fraction of sp³-hybridized carbons (Fsp3) is 0.235. The Kier molecular flexibility index (Phi) is 3.52. The number of hydrogen-bond donors (Lipinski definition) is 1. The Bertz CT molecular complexity index is 712. The number of rotatable bonds is 4. The minimum atomic E-state index is -0.527. The zero-order valence-corrected chi connectivity index (χ0v) is 11.5. The maximum Gasteiger partial charge on any atom is 0.108 e. The number of aryl methyl sites for hydroxylation is 1. The average Bonchev–Trinajstić information content (AvgIpc) is 2.93. The first-order chi connectivity index (χ1) is 9.79. The Morgan fingerprint density at radius 1 is 1.15 bits per heavy atom. The minimum absolute atomic E-state index is 0.527. The van der Waals surface area contributed by atoms with Gasteiger partial charge in [0, 0.05) is 18.8 Å². The lowest BCUT2D eigenvalue weighted by atomic mass is 10.0. The van der Waals surface area contributed by atoms with Crippen molar-refractivity contribution >= 4 is 10.8 Å². The van der Waals surface area contributed by atoms with Crippen LogP contribution in [-0.4, -0.2) is 14.7 Å². The highest BCUT2D eigenvalue weighted by molar-refractivity contribution is 5.85. The van der Waals surface area contributed by atoms with Gasteiger partial charge < -0.3 is 9.67 Å². The molecule has 1 unspecified atom stereocenters. The van der Waals surface area contributed by atoms with Gasteiger partial charge in [-0.05, 0) is 16.3 Å². The van der Waals surface area contributed by atoms with Crippen molar-refractivity contribution in [3.63, 3.8) is 0 Å². The predicted octanol–water partition coefficient (Wildman–Crippen LogP) is 3.33. The number of nitrogens with zero attached hydrogens (tertiary/aromatic N) is 2. The van der Waals surface area contributed by atoms with Crippen LogP contribution in [0, 0.1) is 0 Å². The lowest BCUT2D eigenvalue weighted by Gasteiger charge is -2.15. The molecule has 3 heteroatoms. The van der Waals surface area contributed by atoms with Gasteiger partial charge in [0.05, 0.1) is 12.6 Å². The Hall–Kier alpha value is -2.13. The maximum atomic E-state index is 10.6. The maximum absolute atomic E-state index is 10.6. The Morgan fingerprint density at radius 2 is 1.95 bits per heavy atom. The van der Waals surface area contributed by atoms with Crippen molar-refractivity contribution in [1.29, 1.82) is 0 Å². The highest BCUT2D eigenvalue weighted by atomic mass is 16.3. The molecule has 0 saturated carbocycles. The number of fused-ring (bicyclic) bond motifs is 1. The molecule has 1 heterocycles. The molecule has 3 rings (SSSR count). The molecule has 0 amide bonds. The van der Waals surface area contributed by atoms with Crippen LogP contribution in [0.3, 0.4) is 0 Å². The summed E-state index contributed by atoms with van der Waals surface area (Å²) in [5, 5.41) is 12.8. The van der Waals surface area contributed by atoms with Crippen molar-refractivity contribution in [2.45, 2.75) is 26.0 Å². The molecule has 0 radical (unpaired) electrons. The van der Waals surface area contributed by atoms with Crippen molar-refractivity contribution in [3.8, 4) is 0 Å². The van der Waals surface area contributed by atoms with Gasteiger partial charge >= 0.3 is 0 Å². The van der Waals surface area contributed by atoms with Crippen LogP contribution in [0.4, 0.5) is 0 Å². The van der Waals surface area contributed by atoms with Gasteiger partial charge in [0.25, 0.3) is 0 Å². The van der Waals surface area contributed by atoms with Crippen molar-refractivity contribution in [2.24, 2.45) is 0 Å². The van der Waals surface area contributed by atoms with Crippen LogP contribution in [0.2, 0.25) is 0 Å². The molecule has 0 bridgehead atoms. The summed E-state index contributed by atoms with van der Waals surface area (Å²) in [6.07, 6.45) is 4.05. The fourth-order valence-electron chi connectivity index (χ4n) is 2.65. The molecule has 1 aromatic heterocycles. The predicted molar refractivity (Wildman–Crippen MR) is 80.5 cm³/mol. The standard InChI is InChI=1S/C17H18N2O/c1-2-17-18-10-11-19(17)12-16(20)15-9-5-7-13-6-3-4-8-14(13)15/h3-11,16,20H,2,12H2,1H3. The lowest BCUT2D eigenvalue weighted by Crippen LogP contribution is -2.11. The summed E-state index contributed by atoms with van der Waals surface area (Å²) >= 11 is 0. The van der Waals surface area contributed by atoms with Gasteiger partial charge in [-0.3, -0.25) is 0 Å². The summed E-state index contributed by atoms with van der Waals surface area (Å²) in [6, 6.07) is 14.2. The Labute approximate surface area is 118 Å². The van der Waals surface area contributed by atoms with E-state index in [0.717, 1.165) is 28.6 Å². The fourth-order valence-corrected chi connectivity index (χ4v) is 2.65. The normalized spacial score (nSPS) is 12.7. The molecule has 0 aliphatic carbocycles. The number of hydrogen-bond acceptors (Lipinski definition) is 2. The SMILES string of the molecule is CCc1nccn1CC(O)c1cccc2ccccc12. The zero-order valence-electron chi connectivity index (χ0n) is 11.5. The van der Waals surface area contributed by atoms with E-state index < -0.39 is 6.10 Å². The van der Waals surface area contributed by atoms with E-state index in [1.807, 2.05) is 35.0 Å². The van der Waals surface area contributed by atoms with Gasteiger partial charge in [-0.15, -0.1) is 0 Å². The first-order valence-electron chi connectivity index (χ1n) is 6.95. The van der Waals surface area contributed by atoms with Gasteiger partial charge in [-0.1, -0.05) is 49.4 Å². The molecule has 3 aromatic rings. The summed E-state index contributed by atoms with van der Waals surface area (Å²) in [5.41, 5.74) is 0.971. The molecular weight excluding hydrogens is 248 g/mol. The second-order valence-electron chi connectivity index (χ2n) is 4.93. The quantitative estimate of drug-likeness (QED) is 0.786. The molecule has 3 nitrogen and oxygen atoms in total. The highest BCUT2D eigenvalue weighted by Crippen LogP contribution is 2.25. The summed E-state index contributed by atoms with van der Waals surface area (Å²) in [4.78, 5) is 4.30. The van der Waals surface area contributed by atoms with Crippen LogP contribution < -0.4 is 0 Å². The van der Waals surface area contributed by atoms with Crippen LogP contribution in [0.15, 0.2) is 54.9 Å². The molecule has 0 fully saturated rings. The van der Waals surface area contributed by atoms with Gasteiger partial charge in [-0.25, -0.2) is 4.98 Å². The summed E-state index contributed by atoms with van der Waals surface area (Å²) in [7, 11) is 0. The molecule has 102 valence electrons. The highest BCUT2D eigenvalue weighted by Gasteiger charge is 2.13. The van der Waals surface area contributed by atoms with E-state index in [0.29, 0.717) is 6.54 Å². The topological polar surface area (TPSA) is 38.0 Å². The van der Waals surface area contributed by atoms with Crippen molar-refractivity contribution < 1.29 is 5.11 Å². The van der Waals surface area contributed by atoms with Gasteiger partial charge in [-0.2, -0.15) is 0 Å². The van der Waals surface area contributed by atoms with Gasteiger partial charge in [0.1, 0.15) is 5.82 Å². The number of aliphatic hydroxyl groups is 1. The summed E-state index contributed by atoms with van der Waals surface area (Å²) in [5.74, 6) is 1.00. The van der Waals surface area contributed by atoms with Crippen molar-refractivity contribution in [3.05, 3.63) is 66.2 Å². The van der Waals surface area contributed by atoms with E-state index in [4.69, 9.17) is 0 Å². The molecule has 0 aliphatic heterocycles. The first kappa shape index (κ1) is 12.9. The lowest BCUT2D eigenvalue weighted by molar-refractivity contribution is 0.157. The third-order valence-corrected chi connectivity index (χ3v) is 3.67. The van der Waals surface area contributed by atoms with Crippen LogP contribution in [-0.2, 0) is 13.0 Å². The van der Waals surface area contributed by atoms with Crippen LogP contribution in [0.5, 0.6) is 0 Å². The summed E-state index contributed by atoms with van der Waals surface area (Å²) < 4.78 is 2.02. The Morgan fingerprint density at radius 3 is 2.80 bits per heavy atom. The third-order valence-electron chi connectivity index (χ3n) is 3.67. The van der Waals surface area contributed by atoms with Gasteiger partial charge in [0.15, 0.2) is 0 Å². The molecule has 0 spiro atoms. The van der Waals surface area contributed by atoms with E-state index in [9.17, 15) is 5.11 Å². The summed E-state index contributed by atoms with van der Waals surface area (Å²) in [6.45, 7) is 2.61. The zero-order chi connectivity index (χ0) is 13.9. The minimum Gasteiger partial charge on any atom is -0.387 e. The molecule has 20 heavy (non-hydrogen) atoms. The molecule has 0 saturated heterocycles. The number of aliphatic hydroxyl groups excluding tert-OH is 1. The van der Waals surface area contributed by atoms with Crippen LogP contribution in [0.25, 0.3) is 10.8 Å². The largest absolute Gasteiger partial charge is 0.387 e. The van der Waals surface area contributed by atoms with Crippen molar-refractivity contribution in [2.75, 3.05) is 0 Å². The van der Waals surface area contributed by atoms with E-state index in [1.54, 1.807) is 6.20 Å². The monoisotopic (exact) mass is 266 g/mol. The second-order valence-corrected chi connectivity index (χ2v) is 4.93. The van der Waals surface area contributed by atoms with E-state index in [1.165, 1.54) is 0 Å². The number of aromatic nitrogens is 2. The van der Waals surface area contributed by atoms with Crippen LogP contribution >= 0.6 is 0 Å². The molecule has 1 N–H and O–H groups in total. The third kappa shape index (κ3) is 2.32. The molecule has 1 atom stereocenters. The molecule has 2 aromatic carbocycles. The van der Waals surface area contributed by atoms with Crippen LogP contribution in [0.1, 0.15) is 24.4 Å². The Balaban J connectivity index is 1.95. The number of benzene rings is 2. The molecule has 0 aliphatic rings. The smallest absolute Gasteiger partial charge is 0.108 e. The number of imidazole rings is 1. The second kappa shape index (κ2) is 5.47.